The Hall–Kier alpha value is -2.41. The molecule has 4 rings (SSSR count). The summed E-state index contributed by atoms with van der Waals surface area (Å²) in [5.74, 6) is 0.669. The van der Waals surface area contributed by atoms with Crippen molar-refractivity contribution in [3.05, 3.63) is 80.8 Å². The van der Waals surface area contributed by atoms with Gasteiger partial charge in [0, 0.05) is 18.8 Å². The molecule has 174 valence electrons. The van der Waals surface area contributed by atoms with Crippen molar-refractivity contribution in [3.8, 4) is 0 Å². The number of H-pyrrole nitrogens is 1. The third-order valence-electron chi connectivity index (χ3n) is 6.52. The minimum Gasteiger partial charge on any atom is -0.388 e. The number of amides is 1. The molecule has 1 aromatic carbocycles. The highest BCUT2D eigenvalue weighted by Crippen LogP contribution is 2.40. The van der Waals surface area contributed by atoms with E-state index in [1.165, 1.54) is 5.56 Å². The maximum absolute atomic E-state index is 12.8. The largest absolute Gasteiger partial charge is 0.388 e. The van der Waals surface area contributed by atoms with E-state index >= 15 is 0 Å². The van der Waals surface area contributed by atoms with Gasteiger partial charge >= 0.3 is 0 Å². The number of hydrogen-bond acceptors (Lipinski definition) is 4. The first-order valence-electron chi connectivity index (χ1n) is 11.1. The molecule has 0 bridgehead atoms. The predicted octanol–water partition coefficient (Wildman–Crippen LogP) is 5.38. The third kappa shape index (κ3) is 5.57. The van der Waals surface area contributed by atoms with Crippen LogP contribution in [0, 0.1) is 18.8 Å². The van der Waals surface area contributed by atoms with E-state index in [0.29, 0.717) is 33.9 Å². The molecule has 3 atom stereocenters. The van der Waals surface area contributed by atoms with Gasteiger partial charge in [-0.05, 0) is 73.8 Å². The first kappa shape index (κ1) is 23.7. The SMILES string of the molecule is Cc1[nH]nc(CN(C)C(=O)c2ccc(C[C@@H]3CC[C@H]([C@H](O)c4ccc(Cl)nc4)C3)cc2)c1Cl. The molecule has 6 nitrogen and oxygen atoms in total. The van der Waals surface area contributed by atoms with Crippen LogP contribution in [0.5, 0.6) is 0 Å². The van der Waals surface area contributed by atoms with E-state index in [-0.39, 0.29) is 11.8 Å². The fourth-order valence-electron chi connectivity index (χ4n) is 4.62. The van der Waals surface area contributed by atoms with Gasteiger partial charge in [0.2, 0.25) is 0 Å². The molecular weight excluding hydrogens is 459 g/mol. The van der Waals surface area contributed by atoms with E-state index < -0.39 is 6.10 Å². The van der Waals surface area contributed by atoms with Gasteiger partial charge in [0.25, 0.3) is 5.91 Å². The van der Waals surface area contributed by atoms with Crippen molar-refractivity contribution in [2.45, 2.75) is 45.3 Å². The lowest BCUT2D eigenvalue weighted by molar-refractivity contribution is 0.0783. The first-order chi connectivity index (χ1) is 15.8. The lowest BCUT2D eigenvalue weighted by atomic mass is 9.92. The summed E-state index contributed by atoms with van der Waals surface area (Å²) in [6, 6.07) is 11.4. The van der Waals surface area contributed by atoms with Crippen molar-refractivity contribution >= 4 is 29.1 Å². The summed E-state index contributed by atoms with van der Waals surface area (Å²) in [4.78, 5) is 18.5. The lowest BCUT2D eigenvalue weighted by Gasteiger charge is -2.19. The molecule has 2 aromatic heterocycles. The second-order valence-corrected chi connectivity index (χ2v) is 9.74. The Morgan fingerprint density at radius 3 is 2.61 bits per heavy atom. The number of pyridine rings is 1. The molecule has 0 saturated heterocycles. The van der Waals surface area contributed by atoms with Crippen LogP contribution in [0.25, 0.3) is 0 Å². The summed E-state index contributed by atoms with van der Waals surface area (Å²) in [6.45, 7) is 2.19. The van der Waals surface area contributed by atoms with Crippen LogP contribution in [-0.4, -0.2) is 38.1 Å². The van der Waals surface area contributed by atoms with E-state index in [0.717, 1.165) is 36.9 Å². The smallest absolute Gasteiger partial charge is 0.253 e. The molecule has 0 aliphatic heterocycles. The van der Waals surface area contributed by atoms with Crippen molar-refractivity contribution in [2.75, 3.05) is 7.05 Å². The fraction of sp³-hybridized carbons (Fsp3) is 0.400. The van der Waals surface area contributed by atoms with Crippen LogP contribution in [0.15, 0.2) is 42.6 Å². The first-order valence-corrected chi connectivity index (χ1v) is 11.9. The summed E-state index contributed by atoms with van der Waals surface area (Å²) in [5.41, 5.74) is 4.12. The second-order valence-electron chi connectivity index (χ2n) is 8.97. The number of nitrogens with one attached hydrogen (secondary N) is 1. The molecule has 0 spiro atoms. The van der Waals surface area contributed by atoms with E-state index in [1.54, 1.807) is 24.2 Å². The third-order valence-corrected chi connectivity index (χ3v) is 7.25. The number of nitrogens with zero attached hydrogens (tertiary/aromatic N) is 3. The molecule has 1 saturated carbocycles. The van der Waals surface area contributed by atoms with Gasteiger partial charge in [-0.15, -0.1) is 0 Å². The molecular formula is C25H28Cl2N4O2. The molecule has 33 heavy (non-hydrogen) atoms. The van der Waals surface area contributed by atoms with Crippen LogP contribution in [0.4, 0.5) is 0 Å². The summed E-state index contributed by atoms with van der Waals surface area (Å²) in [5, 5.41) is 18.7. The van der Waals surface area contributed by atoms with E-state index in [1.807, 2.05) is 37.3 Å². The number of aliphatic hydroxyl groups excluding tert-OH is 1. The van der Waals surface area contributed by atoms with E-state index in [2.05, 4.69) is 15.2 Å². The zero-order chi connectivity index (χ0) is 23.5. The predicted molar refractivity (Wildman–Crippen MR) is 129 cm³/mol. The maximum atomic E-state index is 12.8. The molecule has 1 amide bonds. The number of aromatic amines is 1. The standard InChI is InChI=1S/C25H28Cl2N4O2/c1-15-23(27)21(30-29-15)14-31(2)25(33)18-6-3-16(4-7-18)11-17-5-8-19(12-17)24(32)20-9-10-22(26)28-13-20/h3-4,6-7,9-10,13,17,19,24,32H,5,8,11-12,14H2,1-2H3,(H,29,30)/t17-,19-,24-/m0/s1. The van der Waals surface area contributed by atoms with Crippen LogP contribution in [-0.2, 0) is 13.0 Å². The number of aryl methyl sites for hydroxylation is 1. The Morgan fingerprint density at radius 2 is 1.97 bits per heavy atom. The average Bonchev–Trinajstić information content (AvgIpc) is 3.41. The Bertz CT molecular complexity index is 1100. The number of halogens is 2. The molecule has 3 aromatic rings. The maximum Gasteiger partial charge on any atom is 0.253 e. The summed E-state index contributed by atoms with van der Waals surface area (Å²) < 4.78 is 0. The van der Waals surface area contributed by atoms with Gasteiger partial charge < -0.3 is 10.0 Å². The van der Waals surface area contributed by atoms with Gasteiger partial charge in [-0.25, -0.2) is 4.98 Å². The number of aliphatic hydroxyl groups is 1. The zero-order valence-electron chi connectivity index (χ0n) is 18.8. The zero-order valence-corrected chi connectivity index (χ0v) is 20.3. The number of carbonyl (C=O) groups excluding carboxylic acids is 1. The van der Waals surface area contributed by atoms with Crippen LogP contribution >= 0.6 is 23.2 Å². The van der Waals surface area contributed by atoms with E-state index in [9.17, 15) is 9.90 Å². The normalized spacial score (nSPS) is 18.9. The number of hydrogen-bond donors (Lipinski definition) is 2. The Labute approximate surface area is 203 Å². The monoisotopic (exact) mass is 486 g/mol. The van der Waals surface area contributed by atoms with Crippen LogP contribution in [0.1, 0.15) is 58.2 Å². The molecule has 2 heterocycles. The quantitative estimate of drug-likeness (QED) is 0.438. The molecule has 1 fully saturated rings. The number of aromatic nitrogens is 3. The number of carbonyl (C=O) groups is 1. The van der Waals surface area contributed by atoms with E-state index in [4.69, 9.17) is 23.2 Å². The minimum atomic E-state index is -0.512. The Morgan fingerprint density at radius 1 is 1.21 bits per heavy atom. The molecule has 2 N–H and O–H groups in total. The minimum absolute atomic E-state index is 0.0705. The molecule has 1 aliphatic rings. The average molecular weight is 487 g/mol. The Kier molecular flexibility index (Phi) is 7.37. The van der Waals surface area contributed by atoms with Crippen LogP contribution < -0.4 is 0 Å². The Balaban J connectivity index is 1.31. The van der Waals surface area contributed by atoms with Gasteiger partial charge in [0.1, 0.15) is 10.8 Å². The van der Waals surface area contributed by atoms with Crippen molar-refractivity contribution in [1.82, 2.24) is 20.1 Å². The number of rotatable bonds is 7. The molecule has 1 aliphatic carbocycles. The van der Waals surface area contributed by atoms with Gasteiger partial charge in [0.15, 0.2) is 0 Å². The van der Waals surface area contributed by atoms with Gasteiger partial charge in [-0.1, -0.05) is 41.4 Å². The topological polar surface area (TPSA) is 82.1 Å². The highest BCUT2D eigenvalue weighted by molar-refractivity contribution is 6.31. The molecule has 0 radical (unpaired) electrons. The van der Waals surface area contributed by atoms with Crippen molar-refractivity contribution in [2.24, 2.45) is 11.8 Å². The summed E-state index contributed by atoms with van der Waals surface area (Å²) >= 11 is 12.1. The lowest BCUT2D eigenvalue weighted by Crippen LogP contribution is -2.26. The highest BCUT2D eigenvalue weighted by Gasteiger charge is 2.31. The van der Waals surface area contributed by atoms with Gasteiger partial charge in [-0.2, -0.15) is 5.10 Å². The fourth-order valence-corrected chi connectivity index (χ4v) is 4.88. The van der Waals surface area contributed by atoms with Crippen molar-refractivity contribution in [3.63, 3.8) is 0 Å². The van der Waals surface area contributed by atoms with Crippen LogP contribution in [0.2, 0.25) is 10.2 Å². The number of benzene rings is 1. The van der Waals surface area contributed by atoms with Crippen molar-refractivity contribution < 1.29 is 9.90 Å². The summed E-state index contributed by atoms with van der Waals surface area (Å²) in [6.07, 6.45) is 5.13. The highest BCUT2D eigenvalue weighted by atomic mass is 35.5. The van der Waals surface area contributed by atoms with Gasteiger partial charge in [-0.3, -0.25) is 9.89 Å². The summed E-state index contributed by atoms with van der Waals surface area (Å²) in [7, 11) is 1.75. The molecule has 8 heteroatoms. The second kappa shape index (κ2) is 10.2. The van der Waals surface area contributed by atoms with Crippen molar-refractivity contribution in [1.29, 1.82) is 0 Å². The van der Waals surface area contributed by atoms with Gasteiger partial charge in [0.05, 0.1) is 23.4 Å². The molecule has 0 unspecified atom stereocenters. The van der Waals surface area contributed by atoms with Crippen LogP contribution in [0.3, 0.4) is 0 Å².